The molecule has 2 heterocycles. The van der Waals surface area contributed by atoms with E-state index in [1.54, 1.807) is 6.20 Å². The Balaban J connectivity index is 2.61. The molecule has 0 atom stereocenters. The Morgan fingerprint density at radius 2 is 2.07 bits per heavy atom. The second-order valence-corrected chi connectivity index (χ2v) is 3.32. The van der Waals surface area contributed by atoms with Gasteiger partial charge in [0.15, 0.2) is 5.69 Å². The maximum Gasteiger partial charge on any atom is 0.195 e. The van der Waals surface area contributed by atoms with Gasteiger partial charge in [0.05, 0.1) is 6.57 Å². The number of hydrogen-bond donors (Lipinski definition) is 0. The van der Waals surface area contributed by atoms with Crippen molar-refractivity contribution < 1.29 is 0 Å². The van der Waals surface area contributed by atoms with E-state index in [1.807, 2.05) is 41.1 Å². The van der Waals surface area contributed by atoms with Crippen LogP contribution in [-0.4, -0.2) is 9.38 Å². The molecule has 70 valence electrons. The summed E-state index contributed by atoms with van der Waals surface area (Å²) in [5, 5.41) is 1.99. The number of nitrogens with zero attached hydrogens (tertiary/aromatic N) is 3. The zero-order valence-corrected chi connectivity index (χ0v) is 7.88. The van der Waals surface area contributed by atoms with E-state index in [-0.39, 0.29) is 0 Å². The summed E-state index contributed by atoms with van der Waals surface area (Å²) in [6, 6.07) is 7.67. The van der Waals surface area contributed by atoms with Crippen molar-refractivity contribution in [1.29, 1.82) is 0 Å². The maximum atomic E-state index is 7.09. The zero-order chi connectivity index (χ0) is 10.3. The molecule has 15 heavy (non-hydrogen) atoms. The van der Waals surface area contributed by atoms with Gasteiger partial charge in [0.1, 0.15) is 5.65 Å². The van der Waals surface area contributed by atoms with Gasteiger partial charge in [-0.25, -0.2) is 9.83 Å². The summed E-state index contributed by atoms with van der Waals surface area (Å²) in [5.74, 6) is 0. The lowest BCUT2D eigenvalue weighted by atomic mass is 10.1. The molecule has 0 spiro atoms. The molecular formula is C12H7N3. The Hall–Kier alpha value is -2.34. The summed E-state index contributed by atoms with van der Waals surface area (Å²) < 4.78 is 1.95. The Kier molecular flexibility index (Phi) is 1.51. The third-order valence-corrected chi connectivity index (χ3v) is 2.51. The van der Waals surface area contributed by atoms with Crippen LogP contribution in [0.5, 0.6) is 0 Å². The predicted molar refractivity (Wildman–Crippen MR) is 59.0 cm³/mol. The molecule has 0 aliphatic rings. The minimum Gasteiger partial charge on any atom is -0.307 e. The zero-order valence-electron chi connectivity index (χ0n) is 7.88. The van der Waals surface area contributed by atoms with Gasteiger partial charge in [0, 0.05) is 24.0 Å². The highest BCUT2D eigenvalue weighted by atomic mass is 15.0. The number of rotatable bonds is 0. The quantitative estimate of drug-likeness (QED) is 0.503. The highest BCUT2D eigenvalue weighted by Gasteiger charge is 2.04. The lowest BCUT2D eigenvalue weighted by Gasteiger charge is -2.01. The van der Waals surface area contributed by atoms with Crippen LogP contribution in [0.4, 0.5) is 5.69 Å². The van der Waals surface area contributed by atoms with Crippen LogP contribution >= 0.6 is 0 Å². The molecule has 0 bridgehead atoms. The molecule has 0 aliphatic carbocycles. The van der Waals surface area contributed by atoms with Gasteiger partial charge in [-0.3, -0.25) is 0 Å². The lowest BCUT2D eigenvalue weighted by molar-refractivity contribution is 1.20. The van der Waals surface area contributed by atoms with E-state index in [1.165, 1.54) is 0 Å². The first-order valence-corrected chi connectivity index (χ1v) is 4.62. The molecule has 3 rings (SSSR count). The first-order chi connectivity index (χ1) is 7.40. The van der Waals surface area contributed by atoms with Crippen molar-refractivity contribution in [3.8, 4) is 0 Å². The smallest absolute Gasteiger partial charge is 0.195 e. The summed E-state index contributed by atoms with van der Waals surface area (Å²) in [6.45, 7) is 7.09. The van der Waals surface area contributed by atoms with Crippen molar-refractivity contribution in [2.75, 3.05) is 0 Å². The monoisotopic (exact) mass is 193 g/mol. The van der Waals surface area contributed by atoms with Crippen molar-refractivity contribution >= 4 is 22.1 Å². The van der Waals surface area contributed by atoms with Gasteiger partial charge in [-0.05, 0) is 11.5 Å². The molecule has 0 aliphatic heterocycles. The number of benzene rings is 1. The number of hydrogen-bond acceptors (Lipinski definition) is 1. The molecule has 3 heteroatoms. The van der Waals surface area contributed by atoms with E-state index < -0.39 is 0 Å². The number of aromatic nitrogens is 2. The molecule has 0 fully saturated rings. The SMILES string of the molecule is [C-]#[N+]c1cccc2c1ccn1ccnc21. The second kappa shape index (κ2) is 2.82. The van der Waals surface area contributed by atoms with E-state index in [2.05, 4.69) is 9.83 Å². The van der Waals surface area contributed by atoms with Gasteiger partial charge in [0.25, 0.3) is 0 Å². The largest absolute Gasteiger partial charge is 0.307 e. The summed E-state index contributed by atoms with van der Waals surface area (Å²) in [6.07, 6.45) is 5.60. The molecule has 0 saturated carbocycles. The topological polar surface area (TPSA) is 21.7 Å². The Bertz CT molecular complexity index is 689. The van der Waals surface area contributed by atoms with E-state index in [0.717, 1.165) is 16.4 Å². The third kappa shape index (κ3) is 1.02. The van der Waals surface area contributed by atoms with Crippen molar-refractivity contribution in [1.82, 2.24) is 9.38 Å². The highest BCUT2D eigenvalue weighted by Crippen LogP contribution is 2.27. The Morgan fingerprint density at radius 3 is 2.93 bits per heavy atom. The summed E-state index contributed by atoms with van der Waals surface area (Å²) in [7, 11) is 0. The van der Waals surface area contributed by atoms with Gasteiger partial charge in [-0.2, -0.15) is 0 Å². The van der Waals surface area contributed by atoms with Crippen molar-refractivity contribution in [3.63, 3.8) is 0 Å². The average molecular weight is 193 g/mol. The Morgan fingerprint density at radius 1 is 1.13 bits per heavy atom. The van der Waals surface area contributed by atoms with Crippen molar-refractivity contribution in [2.24, 2.45) is 0 Å². The van der Waals surface area contributed by atoms with Crippen LogP contribution in [0.25, 0.3) is 21.3 Å². The molecule has 0 radical (unpaired) electrons. The van der Waals surface area contributed by atoms with Crippen LogP contribution in [-0.2, 0) is 0 Å². The normalized spacial score (nSPS) is 10.6. The number of fused-ring (bicyclic) bond motifs is 3. The molecule has 2 aromatic heterocycles. The van der Waals surface area contributed by atoms with Crippen molar-refractivity contribution in [3.05, 3.63) is 54.3 Å². The first-order valence-electron chi connectivity index (χ1n) is 4.62. The Labute approximate surface area is 86.4 Å². The summed E-state index contributed by atoms with van der Waals surface area (Å²) in [5.41, 5.74) is 1.58. The molecule has 0 saturated heterocycles. The number of imidazole rings is 1. The fraction of sp³-hybridized carbons (Fsp3) is 0. The van der Waals surface area contributed by atoms with E-state index in [0.29, 0.717) is 5.69 Å². The van der Waals surface area contributed by atoms with Gasteiger partial charge < -0.3 is 4.40 Å². The minimum absolute atomic E-state index is 0.679. The maximum absolute atomic E-state index is 7.09. The van der Waals surface area contributed by atoms with Crippen molar-refractivity contribution in [2.45, 2.75) is 0 Å². The van der Waals surface area contributed by atoms with E-state index in [4.69, 9.17) is 6.57 Å². The predicted octanol–water partition coefficient (Wildman–Crippen LogP) is 3.04. The molecule has 0 N–H and O–H groups in total. The van der Waals surface area contributed by atoms with Gasteiger partial charge >= 0.3 is 0 Å². The summed E-state index contributed by atoms with van der Waals surface area (Å²) >= 11 is 0. The highest BCUT2D eigenvalue weighted by molar-refractivity contribution is 6.01. The molecule has 0 unspecified atom stereocenters. The molecule has 0 amide bonds. The minimum atomic E-state index is 0.679. The first kappa shape index (κ1) is 8.01. The van der Waals surface area contributed by atoms with Crippen LogP contribution in [0.1, 0.15) is 0 Å². The lowest BCUT2D eigenvalue weighted by Crippen LogP contribution is -1.84. The van der Waals surface area contributed by atoms with Crippen LogP contribution in [0.15, 0.2) is 42.9 Å². The fourth-order valence-electron chi connectivity index (χ4n) is 1.82. The molecule has 3 aromatic rings. The third-order valence-electron chi connectivity index (χ3n) is 2.51. The molecule has 3 nitrogen and oxygen atoms in total. The average Bonchev–Trinajstić information content (AvgIpc) is 2.76. The van der Waals surface area contributed by atoms with Crippen LogP contribution in [0.2, 0.25) is 0 Å². The van der Waals surface area contributed by atoms with Gasteiger partial charge in [-0.1, -0.05) is 18.2 Å². The van der Waals surface area contributed by atoms with Crippen LogP contribution in [0, 0.1) is 6.57 Å². The van der Waals surface area contributed by atoms with E-state index >= 15 is 0 Å². The second-order valence-electron chi connectivity index (χ2n) is 3.32. The number of pyridine rings is 1. The van der Waals surface area contributed by atoms with Gasteiger partial charge in [-0.15, -0.1) is 0 Å². The summed E-state index contributed by atoms with van der Waals surface area (Å²) in [4.78, 5) is 7.79. The van der Waals surface area contributed by atoms with Gasteiger partial charge in [0.2, 0.25) is 0 Å². The fourth-order valence-corrected chi connectivity index (χ4v) is 1.82. The standard InChI is InChI=1S/C12H7N3/c1-13-11-4-2-3-10-9(11)5-7-15-8-6-14-12(10)15/h2-8H. The van der Waals surface area contributed by atoms with Crippen LogP contribution < -0.4 is 0 Å². The van der Waals surface area contributed by atoms with E-state index in [9.17, 15) is 0 Å². The van der Waals surface area contributed by atoms with Crippen LogP contribution in [0.3, 0.4) is 0 Å². The molecular weight excluding hydrogens is 186 g/mol. The molecule has 1 aromatic carbocycles.